The third kappa shape index (κ3) is 5.24. The predicted molar refractivity (Wildman–Crippen MR) is 77.3 cm³/mol. The van der Waals surface area contributed by atoms with Crippen LogP contribution in [0, 0.1) is 0 Å². The molecule has 0 aromatic carbocycles. The molecular weight excluding hydrogens is 240 g/mol. The van der Waals surface area contributed by atoms with E-state index in [0.29, 0.717) is 11.6 Å². The van der Waals surface area contributed by atoms with Crippen molar-refractivity contribution >= 4 is 11.9 Å². The normalized spacial score (nSPS) is 11.2. The second-order valence-corrected chi connectivity index (χ2v) is 5.72. The zero-order valence-electron chi connectivity index (χ0n) is 12.5. The number of unbranched alkanes of at least 4 members (excludes halogenated alkanes) is 1. The van der Waals surface area contributed by atoms with Gasteiger partial charge in [0.1, 0.15) is 5.69 Å². The van der Waals surface area contributed by atoms with Crippen molar-refractivity contribution in [1.82, 2.24) is 14.9 Å². The summed E-state index contributed by atoms with van der Waals surface area (Å²) in [5.74, 6) is 0.426. The van der Waals surface area contributed by atoms with Crippen molar-refractivity contribution in [3.8, 4) is 0 Å². The molecule has 0 aliphatic carbocycles. The Morgan fingerprint density at radius 1 is 1.42 bits per heavy atom. The van der Waals surface area contributed by atoms with Crippen molar-refractivity contribution in [1.29, 1.82) is 0 Å². The fraction of sp³-hybridized carbons (Fsp3) is 0.643. The summed E-state index contributed by atoms with van der Waals surface area (Å²) in [5.41, 5.74) is 0.302. The highest BCUT2D eigenvalue weighted by Crippen LogP contribution is 2.10. The molecule has 1 amide bonds. The fourth-order valence-electron chi connectivity index (χ4n) is 1.57. The summed E-state index contributed by atoms with van der Waals surface area (Å²) in [4.78, 5) is 22.3. The minimum Gasteiger partial charge on any atom is -0.350 e. The van der Waals surface area contributed by atoms with Crippen LogP contribution < -0.4 is 5.32 Å². The summed E-state index contributed by atoms with van der Waals surface area (Å²) in [6.07, 6.45) is 3.68. The predicted octanol–water partition coefficient (Wildman–Crippen LogP) is 2.56. The first-order valence-electron chi connectivity index (χ1n) is 6.70. The molecule has 1 aromatic heterocycles. The van der Waals surface area contributed by atoms with Gasteiger partial charge >= 0.3 is 0 Å². The van der Waals surface area contributed by atoms with E-state index < -0.39 is 0 Å². The lowest BCUT2D eigenvalue weighted by molar-refractivity contribution is 0.0787. The van der Waals surface area contributed by atoms with Gasteiger partial charge in [-0.15, -0.1) is 0 Å². The SMILES string of the molecule is CCCCN(C)C(=O)c1ccnc(NC(C)(C)C)n1. The van der Waals surface area contributed by atoms with Gasteiger partial charge in [-0.1, -0.05) is 13.3 Å². The van der Waals surface area contributed by atoms with Crippen LogP contribution in [0.1, 0.15) is 51.0 Å². The van der Waals surface area contributed by atoms with Gasteiger partial charge < -0.3 is 10.2 Å². The fourth-order valence-corrected chi connectivity index (χ4v) is 1.57. The van der Waals surface area contributed by atoms with Crippen LogP contribution in [0.2, 0.25) is 0 Å². The number of amides is 1. The Kier molecular flexibility index (Phi) is 5.27. The summed E-state index contributed by atoms with van der Waals surface area (Å²) in [7, 11) is 1.80. The van der Waals surface area contributed by atoms with Gasteiger partial charge in [0.25, 0.3) is 5.91 Å². The zero-order valence-corrected chi connectivity index (χ0v) is 12.5. The molecule has 1 N–H and O–H groups in total. The van der Waals surface area contributed by atoms with E-state index in [-0.39, 0.29) is 11.4 Å². The van der Waals surface area contributed by atoms with Crippen molar-refractivity contribution in [2.24, 2.45) is 0 Å². The smallest absolute Gasteiger partial charge is 0.272 e. The summed E-state index contributed by atoms with van der Waals surface area (Å²) in [6, 6.07) is 1.65. The highest BCUT2D eigenvalue weighted by molar-refractivity contribution is 5.92. The van der Waals surface area contributed by atoms with Gasteiger partial charge in [0.05, 0.1) is 0 Å². The molecule has 0 saturated carbocycles. The molecule has 106 valence electrons. The average molecular weight is 264 g/mol. The molecule has 1 heterocycles. The van der Waals surface area contributed by atoms with Crippen LogP contribution in [0.3, 0.4) is 0 Å². The third-order valence-corrected chi connectivity index (χ3v) is 2.56. The van der Waals surface area contributed by atoms with Crippen LogP contribution in [0.25, 0.3) is 0 Å². The minimum atomic E-state index is -0.129. The number of carbonyl (C=O) groups excluding carboxylic acids is 1. The first kappa shape index (κ1) is 15.4. The van der Waals surface area contributed by atoms with Crippen molar-refractivity contribution in [2.75, 3.05) is 18.9 Å². The van der Waals surface area contributed by atoms with E-state index in [0.717, 1.165) is 19.4 Å². The number of anilines is 1. The van der Waals surface area contributed by atoms with Crippen molar-refractivity contribution in [2.45, 2.75) is 46.1 Å². The van der Waals surface area contributed by atoms with E-state index in [1.807, 2.05) is 20.8 Å². The number of rotatable bonds is 5. The molecule has 1 rings (SSSR count). The second kappa shape index (κ2) is 6.50. The Morgan fingerprint density at radius 2 is 2.11 bits per heavy atom. The molecule has 0 radical (unpaired) electrons. The van der Waals surface area contributed by atoms with Crippen molar-refractivity contribution in [3.63, 3.8) is 0 Å². The molecule has 0 aliphatic rings. The van der Waals surface area contributed by atoms with Crippen LogP contribution in [-0.4, -0.2) is 39.9 Å². The van der Waals surface area contributed by atoms with Crippen LogP contribution in [-0.2, 0) is 0 Å². The molecule has 0 unspecified atom stereocenters. The molecule has 0 bridgehead atoms. The van der Waals surface area contributed by atoms with E-state index in [1.165, 1.54) is 0 Å². The lowest BCUT2D eigenvalue weighted by atomic mass is 10.1. The summed E-state index contributed by atoms with van der Waals surface area (Å²) < 4.78 is 0. The lowest BCUT2D eigenvalue weighted by Crippen LogP contribution is -2.30. The quantitative estimate of drug-likeness (QED) is 0.888. The molecular formula is C14H24N4O. The maximum Gasteiger partial charge on any atom is 0.272 e. The Hall–Kier alpha value is -1.65. The number of carbonyl (C=O) groups is 1. The molecule has 5 heteroatoms. The Bertz CT molecular complexity index is 426. The molecule has 0 fully saturated rings. The molecule has 0 spiro atoms. The average Bonchev–Trinajstić information content (AvgIpc) is 2.33. The molecule has 19 heavy (non-hydrogen) atoms. The number of aromatic nitrogens is 2. The van der Waals surface area contributed by atoms with E-state index >= 15 is 0 Å². The van der Waals surface area contributed by atoms with Crippen molar-refractivity contribution < 1.29 is 4.79 Å². The third-order valence-electron chi connectivity index (χ3n) is 2.56. The topological polar surface area (TPSA) is 58.1 Å². The van der Waals surface area contributed by atoms with E-state index in [2.05, 4.69) is 22.2 Å². The van der Waals surface area contributed by atoms with E-state index in [9.17, 15) is 4.79 Å². The first-order chi connectivity index (χ1) is 8.83. The van der Waals surface area contributed by atoms with Gasteiger partial charge in [-0.3, -0.25) is 4.79 Å². The summed E-state index contributed by atoms with van der Waals surface area (Å²) >= 11 is 0. The molecule has 0 atom stereocenters. The standard InChI is InChI=1S/C14H24N4O/c1-6-7-10-18(5)12(19)11-8-9-15-13(16-11)17-14(2,3)4/h8-9H,6-7,10H2,1-5H3,(H,15,16,17). The van der Waals surface area contributed by atoms with Crippen LogP contribution in [0.4, 0.5) is 5.95 Å². The second-order valence-electron chi connectivity index (χ2n) is 5.72. The minimum absolute atomic E-state index is 0.0622. The lowest BCUT2D eigenvalue weighted by Gasteiger charge is -2.21. The monoisotopic (exact) mass is 264 g/mol. The van der Waals surface area contributed by atoms with Crippen molar-refractivity contribution in [3.05, 3.63) is 18.0 Å². The highest BCUT2D eigenvalue weighted by atomic mass is 16.2. The van der Waals surface area contributed by atoms with Gasteiger partial charge in [-0.25, -0.2) is 9.97 Å². The maximum absolute atomic E-state index is 12.2. The maximum atomic E-state index is 12.2. The Balaban J connectivity index is 2.78. The van der Waals surface area contributed by atoms with E-state index in [4.69, 9.17) is 0 Å². The zero-order chi connectivity index (χ0) is 14.5. The largest absolute Gasteiger partial charge is 0.350 e. The highest BCUT2D eigenvalue weighted by Gasteiger charge is 2.16. The number of nitrogens with one attached hydrogen (secondary N) is 1. The Labute approximate surface area is 115 Å². The van der Waals surface area contributed by atoms with Crippen LogP contribution in [0.15, 0.2) is 12.3 Å². The van der Waals surface area contributed by atoms with E-state index in [1.54, 1.807) is 24.2 Å². The Morgan fingerprint density at radius 3 is 2.68 bits per heavy atom. The van der Waals surface area contributed by atoms with Crippen LogP contribution in [0.5, 0.6) is 0 Å². The van der Waals surface area contributed by atoms with Gasteiger partial charge in [0.15, 0.2) is 0 Å². The first-order valence-corrected chi connectivity index (χ1v) is 6.70. The van der Waals surface area contributed by atoms with Crippen LogP contribution >= 0.6 is 0 Å². The van der Waals surface area contributed by atoms with Gasteiger partial charge in [-0.2, -0.15) is 0 Å². The molecule has 5 nitrogen and oxygen atoms in total. The molecule has 0 aliphatic heterocycles. The number of nitrogens with zero attached hydrogens (tertiary/aromatic N) is 3. The number of hydrogen-bond donors (Lipinski definition) is 1. The molecule has 1 aromatic rings. The molecule has 0 saturated heterocycles. The summed E-state index contributed by atoms with van der Waals surface area (Å²) in [5, 5.41) is 3.17. The summed E-state index contributed by atoms with van der Waals surface area (Å²) in [6.45, 7) is 8.93. The number of hydrogen-bond acceptors (Lipinski definition) is 4. The van der Waals surface area contributed by atoms with Gasteiger partial charge in [-0.05, 0) is 33.3 Å². The van der Waals surface area contributed by atoms with Gasteiger partial charge in [0, 0.05) is 25.3 Å². The van der Waals surface area contributed by atoms with Gasteiger partial charge in [0.2, 0.25) is 5.95 Å².